The molecule has 1 aromatic heterocycles. The zero-order valence-corrected chi connectivity index (χ0v) is 15.2. The number of carbonyl (C=O) groups is 1. The molecule has 0 fully saturated rings. The maximum Gasteiger partial charge on any atom is 0.254 e. The summed E-state index contributed by atoms with van der Waals surface area (Å²) >= 11 is 0. The van der Waals surface area contributed by atoms with E-state index in [9.17, 15) is 9.59 Å². The van der Waals surface area contributed by atoms with Gasteiger partial charge in [0.15, 0.2) is 0 Å². The molecule has 0 aliphatic heterocycles. The second kappa shape index (κ2) is 7.19. The lowest BCUT2D eigenvalue weighted by Gasteiger charge is -2.13. The number of hydrogen-bond acceptors (Lipinski definition) is 3. The van der Waals surface area contributed by atoms with Crippen molar-refractivity contribution in [2.45, 2.75) is 32.7 Å². The summed E-state index contributed by atoms with van der Waals surface area (Å²) < 4.78 is 1.42. The Bertz CT molecular complexity index is 1050. The summed E-state index contributed by atoms with van der Waals surface area (Å²) in [6, 6.07) is 16.9. The number of rotatable bonds is 4. The van der Waals surface area contributed by atoms with Crippen molar-refractivity contribution < 1.29 is 4.79 Å². The minimum absolute atomic E-state index is 0.0760. The third-order valence-electron chi connectivity index (χ3n) is 4.85. The van der Waals surface area contributed by atoms with Crippen LogP contribution in [0.15, 0.2) is 59.4 Å². The molecule has 3 aromatic rings. The van der Waals surface area contributed by atoms with Gasteiger partial charge in [0.05, 0.1) is 0 Å². The largest absolute Gasteiger partial charge is 0.325 e. The van der Waals surface area contributed by atoms with Crippen molar-refractivity contribution >= 4 is 11.6 Å². The first kappa shape index (κ1) is 17.2. The van der Waals surface area contributed by atoms with Crippen LogP contribution in [0, 0.1) is 6.92 Å². The Morgan fingerprint density at radius 1 is 1.07 bits per heavy atom. The van der Waals surface area contributed by atoms with Crippen molar-refractivity contribution in [3.63, 3.8) is 0 Å². The lowest BCUT2D eigenvalue weighted by atomic mass is 10.1. The van der Waals surface area contributed by atoms with Crippen LogP contribution >= 0.6 is 0 Å². The average molecular weight is 359 g/mol. The van der Waals surface area contributed by atoms with Crippen LogP contribution in [0.1, 0.15) is 23.2 Å². The van der Waals surface area contributed by atoms with Crippen LogP contribution < -0.4 is 10.9 Å². The van der Waals surface area contributed by atoms with Gasteiger partial charge < -0.3 is 5.32 Å². The van der Waals surface area contributed by atoms with Crippen molar-refractivity contribution in [2.24, 2.45) is 0 Å². The van der Waals surface area contributed by atoms with Crippen molar-refractivity contribution in [1.29, 1.82) is 0 Å². The van der Waals surface area contributed by atoms with Crippen molar-refractivity contribution in [2.75, 3.05) is 5.32 Å². The third kappa shape index (κ3) is 3.67. The Kier molecular flexibility index (Phi) is 4.59. The maximum atomic E-state index is 12.6. The molecule has 5 nitrogen and oxygen atoms in total. The van der Waals surface area contributed by atoms with E-state index in [1.54, 1.807) is 6.92 Å². The number of benzene rings is 2. The van der Waals surface area contributed by atoms with Gasteiger partial charge in [0.25, 0.3) is 5.56 Å². The molecular weight excluding hydrogens is 338 g/mol. The first-order valence-corrected chi connectivity index (χ1v) is 9.16. The monoisotopic (exact) mass is 359 g/mol. The van der Waals surface area contributed by atoms with Gasteiger partial charge in [-0.15, -0.1) is 0 Å². The summed E-state index contributed by atoms with van der Waals surface area (Å²) in [5.41, 5.74) is 4.64. The highest BCUT2D eigenvalue weighted by Gasteiger charge is 2.15. The van der Waals surface area contributed by atoms with E-state index in [-0.39, 0.29) is 18.0 Å². The van der Waals surface area contributed by atoms with E-state index in [0.717, 1.165) is 30.5 Å². The molecule has 136 valence electrons. The van der Waals surface area contributed by atoms with Crippen molar-refractivity contribution in [3.8, 4) is 11.4 Å². The molecule has 0 saturated carbocycles. The fraction of sp³-hybridized carbons (Fsp3) is 0.227. The minimum Gasteiger partial charge on any atom is -0.325 e. The topological polar surface area (TPSA) is 64.0 Å². The lowest BCUT2D eigenvalue weighted by molar-refractivity contribution is -0.116. The second-order valence-corrected chi connectivity index (χ2v) is 6.90. The van der Waals surface area contributed by atoms with E-state index >= 15 is 0 Å². The molecule has 1 N–H and O–H groups in total. The van der Waals surface area contributed by atoms with Crippen LogP contribution in [0.4, 0.5) is 5.69 Å². The van der Waals surface area contributed by atoms with E-state index in [1.807, 2.05) is 42.5 Å². The van der Waals surface area contributed by atoms with E-state index in [4.69, 9.17) is 0 Å². The summed E-state index contributed by atoms with van der Waals surface area (Å²) in [6.45, 7) is 1.70. The van der Waals surface area contributed by atoms with E-state index < -0.39 is 0 Å². The van der Waals surface area contributed by atoms with E-state index in [1.165, 1.54) is 21.8 Å². The maximum absolute atomic E-state index is 12.6. The van der Waals surface area contributed by atoms with Crippen molar-refractivity contribution in [1.82, 2.24) is 9.55 Å². The highest BCUT2D eigenvalue weighted by molar-refractivity contribution is 5.91. The number of nitrogens with zero attached hydrogens (tertiary/aromatic N) is 2. The van der Waals surface area contributed by atoms with E-state index in [2.05, 4.69) is 16.4 Å². The number of nitrogens with one attached hydrogen (secondary N) is 1. The Balaban J connectivity index is 1.60. The zero-order chi connectivity index (χ0) is 18.8. The fourth-order valence-electron chi connectivity index (χ4n) is 3.57. The smallest absolute Gasteiger partial charge is 0.254 e. The highest BCUT2D eigenvalue weighted by atomic mass is 16.2. The molecule has 1 aliphatic carbocycles. The molecule has 0 bridgehead atoms. The number of anilines is 1. The van der Waals surface area contributed by atoms with Crippen LogP contribution in [0.2, 0.25) is 0 Å². The quantitative estimate of drug-likeness (QED) is 0.777. The minimum atomic E-state index is -0.238. The number of amides is 1. The van der Waals surface area contributed by atoms with Gasteiger partial charge in [-0.2, -0.15) is 0 Å². The molecule has 0 unspecified atom stereocenters. The summed E-state index contributed by atoms with van der Waals surface area (Å²) in [5, 5.41) is 2.91. The molecule has 1 amide bonds. The van der Waals surface area contributed by atoms with Gasteiger partial charge >= 0.3 is 0 Å². The van der Waals surface area contributed by atoms with Crippen molar-refractivity contribution in [3.05, 3.63) is 81.8 Å². The summed E-state index contributed by atoms with van der Waals surface area (Å²) in [6.07, 6.45) is 3.32. The Hall–Kier alpha value is -3.21. The van der Waals surface area contributed by atoms with Gasteiger partial charge in [-0.25, -0.2) is 4.98 Å². The van der Waals surface area contributed by atoms with Gasteiger partial charge in [-0.3, -0.25) is 14.2 Å². The Labute approximate surface area is 157 Å². The second-order valence-electron chi connectivity index (χ2n) is 6.90. The molecule has 1 heterocycles. The number of fused-ring (bicyclic) bond motifs is 1. The number of carbonyl (C=O) groups excluding carboxylic acids is 1. The van der Waals surface area contributed by atoms with Gasteiger partial charge in [-0.05, 0) is 49.4 Å². The van der Waals surface area contributed by atoms with Crippen LogP contribution in [0.5, 0.6) is 0 Å². The van der Waals surface area contributed by atoms with E-state index in [0.29, 0.717) is 11.5 Å². The predicted molar refractivity (Wildman–Crippen MR) is 106 cm³/mol. The molecule has 0 spiro atoms. The number of hydrogen-bond donors (Lipinski definition) is 1. The summed E-state index contributed by atoms with van der Waals surface area (Å²) in [4.78, 5) is 29.6. The van der Waals surface area contributed by atoms with Crippen LogP contribution in [-0.4, -0.2) is 15.5 Å². The molecule has 1 aliphatic rings. The molecule has 0 saturated heterocycles. The molecule has 5 heteroatoms. The standard InChI is InChI=1S/C22H21N3O2/c1-15-12-21(27)25(22(23-15)17-6-3-2-4-7-17)14-20(26)24-19-11-10-16-8-5-9-18(16)13-19/h2-4,6-7,10-13H,5,8-9,14H2,1H3,(H,24,26). The summed E-state index contributed by atoms with van der Waals surface area (Å²) in [5.74, 6) is 0.266. The molecule has 0 atom stereocenters. The SMILES string of the molecule is Cc1cc(=O)n(CC(=O)Nc2ccc3c(c2)CCC3)c(-c2ccccc2)n1. The first-order valence-electron chi connectivity index (χ1n) is 9.16. The normalized spacial score (nSPS) is 12.6. The number of aryl methyl sites for hydroxylation is 3. The highest BCUT2D eigenvalue weighted by Crippen LogP contribution is 2.25. The molecule has 4 rings (SSSR count). The lowest BCUT2D eigenvalue weighted by Crippen LogP contribution is -2.29. The predicted octanol–water partition coefficient (Wildman–Crippen LogP) is 3.35. The molecular formula is C22H21N3O2. The first-order chi connectivity index (χ1) is 13.1. The molecule has 0 radical (unpaired) electrons. The van der Waals surface area contributed by atoms with Gasteiger partial charge in [0.1, 0.15) is 12.4 Å². The fourth-order valence-corrected chi connectivity index (χ4v) is 3.57. The number of aromatic nitrogens is 2. The Morgan fingerprint density at radius 2 is 1.85 bits per heavy atom. The van der Waals surface area contributed by atoms with Crippen LogP contribution in [0.3, 0.4) is 0 Å². The average Bonchev–Trinajstić information content (AvgIpc) is 3.12. The van der Waals surface area contributed by atoms with Gasteiger partial charge in [-0.1, -0.05) is 36.4 Å². The summed E-state index contributed by atoms with van der Waals surface area (Å²) in [7, 11) is 0. The molecule has 27 heavy (non-hydrogen) atoms. The van der Waals surface area contributed by atoms with Gasteiger partial charge in [0, 0.05) is 23.0 Å². The molecule has 2 aromatic carbocycles. The zero-order valence-electron chi connectivity index (χ0n) is 15.2. The van der Waals surface area contributed by atoms with Crippen LogP contribution in [-0.2, 0) is 24.2 Å². The third-order valence-corrected chi connectivity index (χ3v) is 4.85. The van der Waals surface area contributed by atoms with Gasteiger partial charge in [0.2, 0.25) is 5.91 Å². The van der Waals surface area contributed by atoms with Crippen LogP contribution in [0.25, 0.3) is 11.4 Å². The Morgan fingerprint density at radius 3 is 2.67 bits per heavy atom.